The molecular formula is C18H20O4. The van der Waals surface area contributed by atoms with Crippen molar-refractivity contribution in [2.24, 2.45) is 0 Å². The van der Waals surface area contributed by atoms with Gasteiger partial charge in [0.05, 0.1) is 18.8 Å². The molecule has 0 bridgehead atoms. The molecule has 2 aromatic carbocycles. The molecule has 2 rings (SSSR count). The number of carbonyl (C=O) groups is 2. The summed E-state index contributed by atoms with van der Waals surface area (Å²) >= 11 is 0. The fourth-order valence-corrected chi connectivity index (χ4v) is 1.66. The molecule has 0 aliphatic heterocycles. The lowest BCUT2D eigenvalue weighted by atomic mass is 10.2. The third kappa shape index (κ3) is 7.24. The zero-order valence-corrected chi connectivity index (χ0v) is 12.6. The van der Waals surface area contributed by atoms with Gasteiger partial charge in [0.1, 0.15) is 0 Å². The molecule has 22 heavy (non-hydrogen) atoms. The first-order valence-corrected chi connectivity index (χ1v) is 7.09. The largest absolute Gasteiger partial charge is 0.468 e. The molecule has 0 heterocycles. The Morgan fingerprint density at radius 2 is 1.59 bits per heavy atom. The quantitative estimate of drug-likeness (QED) is 0.467. The zero-order valence-electron chi connectivity index (χ0n) is 12.6. The minimum atomic E-state index is -0.256. The second kappa shape index (κ2) is 11.1. The van der Waals surface area contributed by atoms with Gasteiger partial charge in [-0.3, -0.25) is 4.79 Å². The van der Waals surface area contributed by atoms with E-state index in [1.807, 2.05) is 48.5 Å². The highest BCUT2D eigenvalue weighted by Crippen LogP contribution is 2.00. The van der Waals surface area contributed by atoms with Crippen molar-refractivity contribution < 1.29 is 19.1 Å². The molecule has 0 aromatic heterocycles. The Balaban J connectivity index is 0.000000220. The molecule has 0 saturated carbocycles. The monoisotopic (exact) mass is 300 g/mol. The second-order valence-electron chi connectivity index (χ2n) is 4.29. The van der Waals surface area contributed by atoms with Gasteiger partial charge >= 0.3 is 5.97 Å². The molecular weight excluding hydrogens is 280 g/mol. The standard InChI is InChI=1S/2C9H10O2/c1-2-11-9(10)8-6-4-3-5-7-8;10-8-11-7-6-9-4-2-1-3-5-9/h3-7H,2H2,1H3;1-5,8H,6-7H2. The van der Waals surface area contributed by atoms with Crippen molar-refractivity contribution in [1.82, 2.24) is 0 Å². The van der Waals surface area contributed by atoms with Crippen LogP contribution in [0.3, 0.4) is 0 Å². The SMILES string of the molecule is CCOC(=O)c1ccccc1.O=COCCc1ccccc1. The van der Waals surface area contributed by atoms with E-state index in [-0.39, 0.29) is 5.97 Å². The highest BCUT2D eigenvalue weighted by molar-refractivity contribution is 5.89. The van der Waals surface area contributed by atoms with E-state index in [0.717, 1.165) is 6.42 Å². The Morgan fingerprint density at radius 1 is 1.00 bits per heavy atom. The van der Waals surface area contributed by atoms with Gasteiger partial charge in [-0.2, -0.15) is 0 Å². The molecule has 0 unspecified atom stereocenters. The summed E-state index contributed by atoms with van der Waals surface area (Å²) in [6.07, 6.45) is 0.791. The Hall–Kier alpha value is -2.62. The summed E-state index contributed by atoms with van der Waals surface area (Å²) in [5, 5.41) is 0. The molecule has 0 atom stereocenters. The first-order valence-electron chi connectivity index (χ1n) is 7.09. The smallest absolute Gasteiger partial charge is 0.338 e. The summed E-state index contributed by atoms with van der Waals surface area (Å²) in [5.74, 6) is -0.256. The van der Waals surface area contributed by atoms with Crippen LogP contribution in [0, 0.1) is 0 Å². The maximum absolute atomic E-state index is 11.0. The van der Waals surface area contributed by atoms with Gasteiger partial charge in [-0.1, -0.05) is 48.5 Å². The van der Waals surface area contributed by atoms with E-state index in [9.17, 15) is 9.59 Å². The molecule has 0 amide bonds. The fourth-order valence-electron chi connectivity index (χ4n) is 1.66. The predicted molar refractivity (Wildman–Crippen MR) is 84.6 cm³/mol. The topological polar surface area (TPSA) is 52.6 Å². The summed E-state index contributed by atoms with van der Waals surface area (Å²) in [5.41, 5.74) is 1.80. The maximum atomic E-state index is 11.0. The van der Waals surface area contributed by atoms with Crippen molar-refractivity contribution in [3.8, 4) is 0 Å². The number of esters is 1. The van der Waals surface area contributed by atoms with Gasteiger partial charge in [0.15, 0.2) is 0 Å². The van der Waals surface area contributed by atoms with Gasteiger partial charge in [-0.15, -0.1) is 0 Å². The Kier molecular flexibility index (Phi) is 8.78. The molecule has 4 nitrogen and oxygen atoms in total. The highest BCUT2D eigenvalue weighted by Gasteiger charge is 2.02. The van der Waals surface area contributed by atoms with Crippen molar-refractivity contribution in [2.45, 2.75) is 13.3 Å². The molecule has 116 valence electrons. The van der Waals surface area contributed by atoms with Crippen molar-refractivity contribution in [1.29, 1.82) is 0 Å². The van der Waals surface area contributed by atoms with Crippen LogP contribution in [-0.2, 0) is 20.7 Å². The van der Waals surface area contributed by atoms with Crippen LogP contribution in [0.4, 0.5) is 0 Å². The fraction of sp³-hybridized carbons (Fsp3) is 0.222. The van der Waals surface area contributed by atoms with Crippen LogP contribution in [0.2, 0.25) is 0 Å². The van der Waals surface area contributed by atoms with Crippen LogP contribution in [0.5, 0.6) is 0 Å². The number of carbonyl (C=O) groups excluding carboxylic acids is 2. The average Bonchev–Trinajstić information content (AvgIpc) is 2.58. The molecule has 0 N–H and O–H groups in total. The normalized spacial score (nSPS) is 9.14. The first-order chi connectivity index (χ1) is 10.8. The molecule has 0 fully saturated rings. The van der Waals surface area contributed by atoms with E-state index in [1.165, 1.54) is 5.56 Å². The summed E-state index contributed by atoms with van der Waals surface area (Å²) < 4.78 is 9.35. The van der Waals surface area contributed by atoms with Crippen LogP contribution in [0.25, 0.3) is 0 Å². The van der Waals surface area contributed by atoms with Crippen molar-refractivity contribution in [3.63, 3.8) is 0 Å². The van der Waals surface area contributed by atoms with Crippen LogP contribution in [0.1, 0.15) is 22.8 Å². The molecule has 0 aliphatic carbocycles. The van der Waals surface area contributed by atoms with E-state index in [0.29, 0.717) is 25.2 Å². The Morgan fingerprint density at radius 3 is 2.14 bits per heavy atom. The van der Waals surface area contributed by atoms with Gasteiger partial charge in [0.25, 0.3) is 6.47 Å². The number of rotatable bonds is 6. The Labute approximate surface area is 130 Å². The number of hydrogen-bond donors (Lipinski definition) is 0. The number of ether oxygens (including phenoxy) is 2. The Bertz CT molecular complexity index is 538. The van der Waals surface area contributed by atoms with Crippen LogP contribution < -0.4 is 0 Å². The lowest BCUT2D eigenvalue weighted by Crippen LogP contribution is -2.03. The van der Waals surface area contributed by atoms with E-state index in [4.69, 9.17) is 4.74 Å². The lowest BCUT2D eigenvalue weighted by molar-refractivity contribution is -0.128. The van der Waals surface area contributed by atoms with Crippen LogP contribution in [0.15, 0.2) is 60.7 Å². The van der Waals surface area contributed by atoms with E-state index >= 15 is 0 Å². The van der Waals surface area contributed by atoms with Crippen molar-refractivity contribution >= 4 is 12.4 Å². The summed E-state index contributed by atoms with van der Waals surface area (Å²) in [6.45, 7) is 3.16. The van der Waals surface area contributed by atoms with Crippen LogP contribution in [-0.4, -0.2) is 25.7 Å². The van der Waals surface area contributed by atoms with Gasteiger partial charge < -0.3 is 9.47 Å². The molecule has 0 saturated heterocycles. The zero-order chi connectivity index (χ0) is 16.0. The molecule has 0 aliphatic rings. The first kappa shape index (κ1) is 17.4. The second-order valence-corrected chi connectivity index (χ2v) is 4.29. The van der Waals surface area contributed by atoms with Crippen LogP contribution >= 0.6 is 0 Å². The summed E-state index contributed by atoms with van der Waals surface area (Å²) in [7, 11) is 0. The number of hydrogen-bond acceptors (Lipinski definition) is 4. The maximum Gasteiger partial charge on any atom is 0.338 e. The summed E-state index contributed by atoms with van der Waals surface area (Å²) in [4.78, 5) is 20.8. The minimum Gasteiger partial charge on any atom is -0.468 e. The third-order valence-corrected chi connectivity index (χ3v) is 2.70. The van der Waals surface area contributed by atoms with Gasteiger partial charge in [0.2, 0.25) is 0 Å². The van der Waals surface area contributed by atoms with Crippen molar-refractivity contribution in [3.05, 3.63) is 71.8 Å². The van der Waals surface area contributed by atoms with Crippen molar-refractivity contribution in [2.75, 3.05) is 13.2 Å². The van der Waals surface area contributed by atoms with E-state index < -0.39 is 0 Å². The molecule has 4 heteroatoms. The molecule has 0 spiro atoms. The number of benzene rings is 2. The van der Waals surface area contributed by atoms with Gasteiger partial charge in [0, 0.05) is 6.42 Å². The predicted octanol–water partition coefficient (Wildman–Crippen LogP) is 3.27. The molecule has 0 radical (unpaired) electrons. The minimum absolute atomic E-state index is 0.256. The summed E-state index contributed by atoms with van der Waals surface area (Å²) in [6, 6.07) is 18.9. The van der Waals surface area contributed by atoms with E-state index in [2.05, 4.69) is 4.74 Å². The van der Waals surface area contributed by atoms with Gasteiger partial charge in [-0.25, -0.2) is 4.79 Å². The average molecular weight is 300 g/mol. The molecule has 2 aromatic rings. The van der Waals surface area contributed by atoms with Gasteiger partial charge in [-0.05, 0) is 24.6 Å². The third-order valence-electron chi connectivity index (χ3n) is 2.70. The van der Waals surface area contributed by atoms with E-state index in [1.54, 1.807) is 19.1 Å². The lowest BCUT2D eigenvalue weighted by Gasteiger charge is -1.99. The highest BCUT2D eigenvalue weighted by atomic mass is 16.5.